The average Bonchev–Trinajstić information content (AvgIpc) is 3.24. The van der Waals surface area contributed by atoms with Crippen LogP contribution in [0.4, 0.5) is 15.8 Å². The highest BCUT2D eigenvalue weighted by Crippen LogP contribution is 2.30. The number of nitrogens with zero attached hydrogens (tertiary/aromatic N) is 3. The van der Waals surface area contributed by atoms with E-state index in [0.29, 0.717) is 40.0 Å². The van der Waals surface area contributed by atoms with E-state index in [2.05, 4.69) is 20.4 Å². The van der Waals surface area contributed by atoms with Crippen LogP contribution in [0.1, 0.15) is 17.9 Å². The molecule has 4 rings (SSSR count). The van der Waals surface area contributed by atoms with Crippen LogP contribution in [-0.4, -0.2) is 40.6 Å². The van der Waals surface area contributed by atoms with Crippen molar-refractivity contribution in [2.75, 3.05) is 34.8 Å². The van der Waals surface area contributed by atoms with E-state index in [1.54, 1.807) is 25.1 Å². The van der Waals surface area contributed by atoms with Gasteiger partial charge in [0, 0.05) is 48.7 Å². The van der Waals surface area contributed by atoms with E-state index >= 15 is 0 Å². The first-order chi connectivity index (χ1) is 15.0. The summed E-state index contributed by atoms with van der Waals surface area (Å²) in [6.45, 7) is 3.62. The third-order valence-corrected chi connectivity index (χ3v) is 6.28. The third-order valence-electron chi connectivity index (χ3n) is 5.03. The van der Waals surface area contributed by atoms with Crippen molar-refractivity contribution in [2.45, 2.75) is 19.8 Å². The number of hydrogen-bond donors (Lipinski definition) is 1. The highest BCUT2D eigenvalue weighted by Gasteiger charge is 2.16. The number of aromatic nitrogens is 2. The topological polar surface area (TPSA) is 71.3 Å². The highest BCUT2D eigenvalue weighted by molar-refractivity contribution is 7.99. The molecule has 1 aliphatic rings. The molecule has 2 aromatic carbocycles. The fourth-order valence-electron chi connectivity index (χ4n) is 3.35. The number of carbonyl (C=O) groups is 1. The molecule has 0 unspecified atom stereocenters. The second-order valence-corrected chi connectivity index (χ2v) is 8.92. The smallest absolute Gasteiger partial charge is 0.227 e. The highest BCUT2D eigenvalue weighted by atomic mass is 35.5. The first-order valence-electron chi connectivity index (χ1n) is 10.0. The minimum absolute atomic E-state index is 0.171. The van der Waals surface area contributed by atoms with Crippen molar-refractivity contribution in [3.05, 3.63) is 58.7 Å². The Labute approximate surface area is 189 Å². The number of hydrogen-bond acceptors (Lipinski definition) is 6. The third kappa shape index (κ3) is 5.37. The van der Waals surface area contributed by atoms with E-state index in [-0.39, 0.29) is 18.1 Å². The molecule has 1 amide bonds. The summed E-state index contributed by atoms with van der Waals surface area (Å²) in [5.74, 6) is 2.45. The quantitative estimate of drug-likeness (QED) is 0.560. The van der Waals surface area contributed by atoms with Crippen LogP contribution >= 0.6 is 23.4 Å². The number of halogens is 2. The Balaban J connectivity index is 1.33. The summed E-state index contributed by atoms with van der Waals surface area (Å²) in [7, 11) is 0. The Kier molecular flexibility index (Phi) is 6.77. The van der Waals surface area contributed by atoms with Gasteiger partial charge in [0.25, 0.3) is 0 Å². The van der Waals surface area contributed by atoms with Gasteiger partial charge in [-0.2, -0.15) is 16.7 Å². The molecule has 0 saturated carbocycles. The zero-order valence-electron chi connectivity index (χ0n) is 17.0. The number of amides is 1. The summed E-state index contributed by atoms with van der Waals surface area (Å²) in [6.07, 6.45) is 0.489. The Morgan fingerprint density at radius 2 is 2.06 bits per heavy atom. The van der Waals surface area contributed by atoms with Crippen molar-refractivity contribution in [3.63, 3.8) is 0 Å². The number of nitrogens with one attached hydrogen (secondary N) is 1. The second-order valence-electron chi connectivity index (χ2n) is 7.29. The van der Waals surface area contributed by atoms with Gasteiger partial charge in [-0.25, -0.2) is 4.39 Å². The average molecular weight is 461 g/mol. The lowest BCUT2D eigenvalue weighted by Gasteiger charge is -2.29. The molecule has 162 valence electrons. The summed E-state index contributed by atoms with van der Waals surface area (Å²) in [5.41, 5.74) is 2.82. The lowest BCUT2D eigenvalue weighted by atomic mass is 10.1. The van der Waals surface area contributed by atoms with Gasteiger partial charge >= 0.3 is 0 Å². The largest absolute Gasteiger partial charge is 0.369 e. The number of rotatable bonds is 6. The second kappa shape index (κ2) is 9.70. The molecule has 1 aromatic heterocycles. The van der Waals surface area contributed by atoms with E-state index in [4.69, 9.17) is 16.1 Å². The summed E-state index contributed by atoms with van der Waals surface area (Å²) >= 11 is 8.39. The van der Waals surface area contributed by atoms with E-state index in [1.807, 2.05) is 23.9 Å². The minimum atomic E-state index is -0.285. The van der Waals surface area contributed by atoms with E-state index < -0.39 is 0 Å². The molecule has 0 spiro atoms. The molecule has 1 aliphatic heterocycles. The fourth-order valence-corrected chi connectivity index (χ4v) is 4.55. The van der Waals surface area contributed by atoms with Crippen LogP contribution in [0.5, 0.6) is 0 Å². The monoisotopic (exact) mass is 460 g/mol. The molecule has 1 N–H and O–H groups in total. The predicted molar refractivity (Wildman–Crippen MR) is 122 cm³/mol. The normalized spacial score (nSPS) is 14.0. The van der Waals surface area contributed by atoms with Crippen molar-refractivity contribution in [2.24, 2.45) is 0 Å². The van der Waals surface area contributed by atoms with Crippen LogP contribution in [-0.2, 0) is 11.2 Å². The lowest BCUT2D eigenvalue weighted by Crippen LogP contribution is -2.32. The summed E-state index contributed by atoms with van der Waals surface area (Å²) in [6, 6.07) is 10.2. The molecule has 1 fully saturated rings. The van der Waals surface area contributed by atoms with Crippen LogP contribution in [0.25, 0.3) is 11.4 Å². The molecule has 1 saturated heterocycles. The van der Waals surface area contributed by atoms with Crippen molar-refractivity contribution in [3.8, 4) is 11.4 Å². The molecular weight excluding hydrogens is 439 g/mol. The maximum absolute atomic E-state index is 13.4. The Morgan fingerprint density at radius 3 is 2.81 bits per heavy atom. The number of anilines is 2. The van der Waals surface area contributed by atoms with Crippen LogP contribution in [0.15, 0.2) is 40.9 Å². The predicted octanol–water partition coefficient (Wildman–Crippen LogP) is 4.96. The number of aryl methyl sites for hydroxylation is 2. The maximum atomic E-state index is 13.4. The van der Waals surface area contributed by atoms with Gasteiger partial charge < -0.3 is 14.7 Å². The van der Waals surface area contributed by atoms with Crippen LogP contribution in [0, 0.1) is 12.7 Å². The molecular formula is C22H22ClFN4O2S. The van der Waals surface area contributed by atoms with Gasteiger partial charge in [-0.1, -0.05) is 16.8 Å². The van der Waals surface area contributed by atoms with E-state index in [9.17, 15) is 9.18 Å². The summed E-state index contributed by atoms with van der Waals surface area (Å²) in [5, 5.41) is 7.40. The number of carbonyl (C=O) groups excluding carboxylic acids is 1. The minimum Gasteiger partial charge on any atom is -0.369 e. The van der Waals surface area contributed by atoms with Crippen molar-refractivity contribution >= 4 is 40.6 Å². The van der Waals surface area contributed by atoms with Crippen molar-refractivity contribution in [1.29, 1.82) is 0 Å². The standard InChI is InChI=1S/C22H22ClFN4O2S/c1-14-12-15(2-4-18(14)24)22-26-21(30-27-22)7-6-20(29)25-16-3-5-19(17(23)13-16)28-8-10-31-11-9-28/h2-5,12-13H,6-11H2,1H3,(H,25,29). The zero-order chi connectivity index (χ0) is 21.8. The van der Waals surface area contributed by atoms with E-state index in [0.717, 1.165) is 30.3 Å². The molecule has 0 atom stereocenters. The van der Waals surface area contributed by atoms with Crippen LogP contribution in [0.3, 0.4) is 0 Å². The van der Waals surface area contributed by atoms with Gasteiger partial charge in [0.2, 0.25) is 17.6 Å². The fraction of sp³-hybridized carbons (Fsp3) is 0.318. The van der Waals surface area contributed by atoms with E-state index in [1.165, 1.54) is 6.07 Å². The van der Waals surface area contributed by atoms with Crippen molar-refractivity contribution < 1.29 is 13.7 Å². The van der Waals surface area contributed by atoms with Gasteiger partial charge in [0.05, 0.1) is 10.7 Å². The molecule has 9 heteroatoms. The SMILES string of the molecule is Cc1cc(-c2noc(CCC(=O)Nc3ccc(N4CCSCC4)c(Cl)c3)n2)ccc1F. The van der Waals surface area contributed by atoms with Crippen molar-refractivity contribution in [1.82, 2.24) is 10.1 Å². The van der Waals surface area contributed by atoms with Gasteiger partial charge in [-0.3, -0.25) is 4.79 Å². The summed E-state index contributed by atoms with van der Waals surface area (Å²) < 4.78 is 18.7. The Morgan fingerprint density at radius 1 is 1.26 bits per heavy atom. The van der Waals surface area contributed by atoms with Gasteiger partial charge in [-0.05, 0) is 48.9 Å². The Bertz CT molecular complexity index is 1090. The number of benzene rings is 2. The first kappa shape index (κ1) is 21.6. The number of thioether (sulfide) groups is 1. The molecule has 2 heterocycles. The van der Waals surface area contributed by atoms with Gasteiger partial charge in [-0.15, -0.1) is 0 Å². The van der Waals surface area contributed by atoms with Gasteiger partial charge in [0.1, 0.15) is 5.82 Å². The van der Waals surface area contributed by atoms with Gasteiger partial charge in [0.15, 0.2) is 0 Å². The zero-order valence-corrected chi connectivity index (χ0v) is 18.6. The molecule has 3 aromatic rings. The molecule has 6 nitrogen and oxygen atoms in total. The maximum Gasteiger partial charge on any atom is 0.227 e. The van der Waals surface area contributed by atoms with Crippen LogP contribution < -0.4 is 10.2 Å². The first-order valence-corrected chi connectivity index (χ1v) is 11.5. The molecule has 0 aliphatic carbocycles. The molecule has 0 bridgehead atoms. The lowest BCUT2D eigenvalue weighted by molar-refractivity contribution is -0.116. The molecule has 0 radical (unpaired) electrons. The summed E-state index contributed by atoms with van der Waals surface area (Å²) in [4.78, 5) is 18.9. The molecule has 31 heavy (non-hydrogen) atoms. The van der Waals surface area contributed by atoms with Crippen LogP contribution in [0.2, 0.25) is 5.02 Å². The Hall–Kier alpha value is -2.58.